The summed E-state index contributed by atoms with van der Waals surface area (Å²) in [6, 6.07) is 8.83. The number of benzene rings is 1. The van der Waals surface area contributed by atoms with E-state index in [2.05, 4.69) is 0 Å². The fraction of sp³-hybridized carbons (Fsp3) is 0.0667. The van der Waals surface area contributed by atoms with Crippen molar-refractivity contribution in [3.63, 3.8) is 0 Å². The Bertz CT molecular complexity index is 728. The molecule has 0 amide bonds. The third kappa shape index (κ3) is 3.11. The van der Waals surface area contributed by atoms with Gasteiger partial charge in [-0.2, -0.15) is 0 Å². The van der Waals surface area contributed by atoms with E-state index in [1.54, 1.807) is 6.07 Å². The molecule has 0 aliphatic heterocycles. The van der Waals surface area contributed by atoms with Gasteiger partial charge in [-0.05, 0) is 31.2 Å². The number of carbonyl (C=O) groups is 2. The van der Waals surface area contributed by atoms with E-state index >= 15 is 0 Å². The zero-order valence-corrected chi connectivity index (χ0v) is 11.1. The van der Waals surface area contributed by atoms with Crippen molar-refractivity contribution in [1.29, 1.82) is 0 Å². The molecular weight excluding hydrogens is 274 g/mol. The summed E-state index contributed by atoms with van der Waals surface area (Å²) < 4.78 is 4.97. The number of Topliss-reactive ketones (excluding diaryl/α,β-unsaturated/α-hetero) is 2. The molecule has 21 heavy (non-hydrogen) atoms. The lowest BCUT2D eigenvalue weighted by atomic mass is 10.0. The largest absolute Gasteiger partial charge is 0.461 e. The van der Waals surface area contributed by atoms with E-state index in [-0.39, 0.29) is 22.6 Å². The molecule has 1 heterocycles. The van der Waals surface area contributed by atoms with Gasteiger partial charge in [0.15, 0.2) is 11.5 Å². The summed E-state index contributed by atoms with van der Waals surface area (Å²) >= 11 is 0. The number of nitrogens with zero attached hydrogens (tertiary/aromatic N) is 1. The van der Waals surface area contributed by atoms with Crippen molar-refractivity contribution in [2.75, 3.05) is 0 Å². The Hall–Kier alpha value is -3.02. The average Bonchev–Trinajstić information content (AvgIpc) is 2.98. The highest BCUT2D eigenvalue weighted by Crippen LogP contribution is 2.22. The smallest absolute Gasteiger partial charge is 0.276 e. The number of furan rings is 1. The van der Waals surface area contributed by atoms with Gasteiger partial charge < -0.3 is 4.42 Å². The SMILES string of the molecule is CC(=O)C(=Cc1ccccc1[N+](=O)[O-])C(=O)c1ccco1. The lowest BCUT2D eigenvalue weighted by molar-refractivity contribution is -0.385. The molecule has 6 nitrogen and oxygen atoms in total. The number of ketones is 2. The topological polar surface area (TPSA) is 90.4 Å². The summed E-state index contributed by atoms with van der Waals surface area (Å²) in [6.07, 6.45) is 2.53. The Morgan fingerprint density at radius 1 is 1.19 bits per heavy atom. The van der Waals surface area contributed by atoms with Crippen LogP contribution in [0.25, 0.3) is 6.08 Å². The molecular formula is C15H11NO5. The molecule has 0 N–H and O–H groups in total. The number of nitro benzene ring substituents is 1. The molecule has 0 aliphatic rings. The number of allylic oxidation sites excluding steroid dienone is 1. The van der Waals surface area contributed by atoms with Crippen molar-refractivity contribution in [2.24, 2.45) is 0 Å². The highest BCUT2D eigenvalue weighted by Gasteiger charge is 2.21. The zero-order chi connectivity index (χ0) is 15.4. The van der Waals surface area contributed by atoms with E-state index in [4.69, 9.17) is 4.42 Å². The van der Waals surface area contributed by atoms with Gasteiger partial charge in [-0.3, -0.25) is 19.7 Å². The fourth-order valence-corrected chi connectivity index (χ4v) is 1.80. The lowest BCUT2D eigenvalue weighted by Crippen LogP contribution is -2.10. The van der Waals surface area contributed by atoms with Crippen molar-refractivity contribution in [2.45, 2.75) is 6.92 Å². The molecule has 2 aromatic rings. The Morgan fingerprint density at radius 3 is 2.48 bits per heavy atom. The van der Waals surface area contributed by atoms with Gasteiger partial charge in [0, 0.05) is 6.07 Å². The van der Waals surface area contributed by atoms with E-state index in [9.17, 15) is 19.7 Å². The van der Waals surface area contributed by atoms with Gasteiger partial charge in [-0.1, -0.05) is 12.1 Å². The second-order valence-electron chi connectivity index (χ2n) is 4.24. The van der Waals surface area contributed by atoms with E-state index in [0.717, 1.165) is 0 Å². The van der Waals surface area contributed by atoms with Crippen LogP contribution in [0.15, 0.2) is 52.7 Å². The molecule has 0 aliphatic carbocycles. The third-order valence-corrected chi connectivity index (χ3v) is 2.80. The second kappa shape index (κ2) is 5.96. The average molecular weight is 285 g/mol. The van der Waals surface area contributed by atoms with Crippen LogP contribution in [0, 0.1) is 10.1 Å². The van der Waals surface area contributed by atoms with Crippen LogP contribution >= 0.6 is 0 Å². The van der Waals surface area contributed by atoms with Gasteiger partial charge in [0.05, 0.1) is 22.3 Å². The van der Waals surface area contributed by atoms with Crippen LogP contribution in [0.5, 0.6) is 0 Å². The molecule has 0 spiro atoms. The lowest BCUT2D eigenvalue weighted by Gasteiger charge is -2.02. The molecule has 0 radical (unpaired) electrons. The number of para-hydroxylation sites is 1. The molecule has 0 unspecified atom stereocenters. The number of hydrogen-bond acceptors (Lipinski definition) is 5. The Balaban J connectivity index is 2.51. The van der Waals surface area contributed by atoms with Gasteiger partial charge in [0.1, 0.15) is 0 Å². The Kier molecular flexibility index (Phi) is 4.08. The fourth-order valence-electron chi connectivity index (χ4n) is 1.80. The van der Waals surface area contributed by atoms with Crippen LogP contribution in [0.1, 0.15) is 23.0 Å². The van der Waals surface area contributed by atoms with E-state index in [1.165, 1.54) is 49.6 Å². The minimum atomic E-state index is -0.606. The van der Waals surface area contributed by atoms with Crippen molar-refractivity contribution >= 4 is 23.3 Å². The van der Waals surface area contributed by atoms with Crippen LogP contribution in [0.3, 0.4) is 0 Å². The standard InChI is InChI=1S/C15H11NO5/c1-10(17)12(15(18)14-7-4-8-21-14)9-11-5-2-3-6-13(11)16(19)20/h2-9H,1H3. The van der Waals surface area contributed by atoms with Crippen LogP contribution in [0.4, 0.5) is 5.69 Å². The van der Waals surface area contributed by atoms with Crippen molar-refractivity contribution in [3.05, 3.63) is 69.7 Å². The van der Waals surface area contributed by atoms with E-state index in [1.807, 2.05) is 0 Å². The van der Waals surface area contributed by atoms with Gasteiger partial charge >= 0.3 is 0 Å². The number of carbonyl (C=O) groups excluding carboxylic acids is 2. The minimum absolute atomic E-state index is 0.00929. The molecule has 1 aromatic carbocycles. The molecule has 1 aromatic heterocycles. The summed E-state index contributed by atoms with van der Waals surface area (Å²) in [6.45, 7) is 1.22. The van der Waals surface area contributed by atoms with Crippen molar-refractivity contribution in [3.8, 4) is 0 Å². The monoisotopic (exact) mass is 285 g/mol. The summed E-state index contributed by atoms with van der Waals surface area (Å²) in [4.78, 5) is 34.2. The first-order valence-electron chi connectivity index (χ1n) is 6.05. The number of hydrogen-bond donors (Lipinski definition) is 0. The van der Waals surface area contributed by atoms with E-state index in [0.29, 0.717) is 0 Å². The summed E-state index contributed by atoms with van der Waals surface area (Å²) in [5, 5.41) is 11.0. The first kappa shape index (κ1) is 14.4. The number of nitro groups is 1. The first-order chi connectivity index (χ1) is 10.0. The highest BCUT2D eigenvalue weighted by atomic mass is 16.6. The maximum Gasteiger partial charge on any atom is 0.276 e. The molecule has 0 fully saturated rings. The molecule has 2 rings (SSSR count). The van der Waals surface area contributed by atoms with Crippen LogP contribution in [0.2, 0.25) is 0 Å². The normalized spacial score (nSPS) is 11.2. The van der Waals surface area contributed by atoms with Crippen LogP contribution < -0.4 is 0 Å². The Labute approximate surface area is 119 Å². The molecule has 0 bridgehead atoms. The van der Waals surface area contributed by atoms with Crippen molar-refractivity contribution < 1.29 is 18.9 Å². The number of rotatable bonds is 5. The predicted molar refractivity (Wildman–Crippen MR) is 74.8 cm³/mol. The minimum Gasteiger partial charge on any atom is -0.461 e. The predicted octanol–water partition coefficient (Wildman–Crippen LogP) is 3.04. The van der Waals surface area contributed by atoms with Gasteiger partial charge in [-0.25, -0.2) is 0 Å². The summed E-state index contributed by atoms with van der Waals surface area (Å²) in [5.41, 5.74) is -0.157. The highest BCUT2D eigenvalue weighted by molar-refractivity contribution is 6.27. The van der Waals surface area contributed by atoms with Gasteiger partial charge in [0.2, 0.25) is 5.78 Å². The molecule has 106 valence electrons. The maximum absolute atomic E-state index is 12.2. The first-order valence-corrected chi connectivity index (χ1v) is 6.05. The van der Waals surface area contributed by atoms with Crippen LogP contribution in [-0.2, 0) is 4.79 Å². The maximum atomic E-state index is 12.2. The van der Waals surface area contributed by atoms with Crippen LogP contribution in [-0.4, -0.2) is 16.5 Å². The zero-order valence-electron chi connectivity index (χ0n) is 11.1. The van der Waals surface area contributed by atoms with Gasteiger partial charge in [-0.15, -0.1) is 0 Å². The molecule has 0 atom stereocenters. The second-order valence-corrected chi connectivity index (χ2v) is 4.24. The van der Waals surface area contributed by atoms with E-state index < -0.39 is 16.5 Å². The Morgan fingerprint density at radius 2 is 1.90 bits per heavy atom. The van der Waals surface area contributed by atoms with Gasteiger partial charge in [0.25, 0.3) is 5.69 Å². The van der Waals surface area contributed by atoms with Crippen molar-refractivity contribution in [1.82, 2.24) is 0 Å². The third-order valence-electron chi connectivity index (χ3n) is 2.80. The quantitative estimate of drug-likeness (QED) is 0.210. The molecule has 0 saturated heterocycles. The summed E-state index contributed by atoms with van der Waals surface area (Å²) in [5.74, 6) is -1.09. The molecule has 6 heteroatoms. The summed E-state index contributed by atoms with van der Waals surface area (Å²) in [7, 11) is 0. The molecule has 0 saturated carbocycles.